The highest BCUT2D eigenvalue weighted by Gasteiger charge is 2.31. The quantitative estimate of drug-likeness (QED) is 0.255. The van der Waals surface area contributed by atoms with Gasteiger partial charge in [-0.25, -0.2) is 9.37 Å². The molecule has 0 spiro atoms. The molecule has 2 heterocycles. The molecule has 0 fully saturated rings. The van der Waals surface area contributed by atoms with Crippen molar-refractivity contribution in [2.24, 2.45) is 0 Å². The predicted molar refractivity (Wildman–Crippen MR) is 112 cm³/mol. The normalized spacial score (nSPS) is 13.3. The molecule has 0 N–H and O–H groups in total. The Bertz CT molecular complexity index is 1160. The van der Waals surface area contributed by atoms with Gasteiger partial charge in [0.2, 0.25) is 0 Å². The molecule has 3 aromatic rings. The number of rotatable bonds is 5. The summed E-state index contributed by atoms with van der Waals surface area (Å²) in [5.41, 5.74) is 0.938. The minimum absolute atomic E-state index is 0.124. The minimum atomic E-state index is -4.82. The van der Waals surface area contributed by atoms with E-state index in [4.69, 9.17) is 11.6 Å². The van der Waals surface area contributed by atoms with E-state index < -0.39 is 17.9 Å². The Morgan fingerprint density at radius 2 is 1.94 bits per heavy atom. The Balaban J connectivity index is 1.72. The van der Waals surface area contributed by atoms with E-state index in [9.17, 15) is 22.4 Å². The van der Waals surface area contributed by atoms with E-state index in [2.05, 4.69) is 9.72 Å². The number of thioether (sulfide) groups is 2. The molecule has 0 aliphatic carbocycles. The molecule has 4 nitrogen and oxygen atoms in total. The van der Waals surface area contributed by atoms with Gasteiger partial charge in [0.05, 0.1) is 16.3 Å². The molecule has 0 unspecified atom stereocenters. The van der Waals surface area contributed by atoms with Crippen molar-refractivity contribution in [1.82, 2.24) is 9.55 Å². The number of hydrogen-bond donors (Lipinski definition) is 0. The standard InChI is InChI=1S/C20H13ClF4N2O2S2/c21-14-2-1-3-15(22)13(14)10-31-19-26-16-8-9-30-17(16)18(28)27(19)11-4-6-12(7-5-11)29-20(23,24)25/h1-7H,8-10H2. The van der Waals surface area contributed by atoms with Gasteiger partial charge in [0.25, 0.3) is 5.56 Å². The monoisotopic (exact) mass is 488 g/mol. The number of aromatic nitrogens is 2. The molecule has 0 radical (unpaired) electrons. The lowest BCUT2D eigenvalue weighted by atomic mass is 10.2. The second-order valence-electron chi connectivity index (χ2n) is 6.44. The van der Waals surface area contributed by atoms with Crippen molar-refractivity contribution in [3.05, 3.63) is 74.9 Å². The molecule has 0 amide bonds. The van der Waals surface area contributed by atoms with Crippen LogP contribution in [-0.2, 0) is 12.2 Å². The Hall–Kier alpha value is -2.17. The van der Waals surface area contributed by atoms with Gasteiger partial charge in [-0.15, -0.1) is 24.9 Å². The Labute approximate surface area is 187 Å². The Morgan fingerprint density at radius 1 is 1.19 bits per heavy atom. The summed E-state index contributed by atoms with van der Waals surface area (Å²) in [4.78, 5) is 18.2. The first-order valence-corrected chi connectivity index (χ1v) is 11.3. The van der Waals surface area contributed by atoms with E-state index in [0.29, 0.717) is 33.6 Å². The lowest BCUT2D eigenvalue weighted by molar-refractivity contribution is -0.274. The molecule has 31 heavy (non-hydrogen) atoms. The molecule has 0 atom stereocenters. The van der Waals surface area contributed by atoms with Crippen LogP contribution in [0.5, 0.6) is 5.75 Å². The lowest BCUT2D eigenvalue weighted by Crippen LogP contribution is -2.24. The summed E-state index contributed by atoms with van der Waals surface area (Å²) >= 11 is 8.60. The highest BCUT2D eigenvalue weighted by molar-refractivity contribution is 7.99. The third kappa shape index (κ3) is 4.86. The third-order valence-corrected chi connectivity index (χ3v) is 6.83. The molecule has 4 rings (SSSR count). The van der Waals surface area contributed by atoms with E-state index in [0.717, 1.165) is 23.9 Å². The molecular formula is C20H13ClF4N2O2S2. The third-order valence-electron chi connectivity index (χ3n) is 4.40. The minimum Gasteiger partial charge on any atom is -0.406 e. The first-order valence-electron chi connectivity index (χ1n) is 8.93. The second kappa shape index (κ2) is 8.76. The summed E-state index contributed by atoms with van der Waals surface area (Å²) in [7, 11) is 0. The molecule has 1 aliphatic rings. The fourth-order valence-electron chi connectivity index (χ4n) is 3.02. The average Bonchev–Trinajstić information content (AvgIpc) is 3.16. The SMILES string of the molecule is O=c1c2c(nc(SCc3c(F)cccc3Cl)n1-c1ccc(OC(F)(F)F)cc1)CCS2. The number of halogens is 5. The number of hydrogen-bond acceptors (Lipinski definition) is 5. The van der Waals surface area contributed by atoms with Gasteiger partial charge < -0.3 is 4.74 Å². The van der Waals surface area contributed by atoms with E-state index in [1.54, 1.807) is 6.07 Å². The number of fused-ring (bicyclic) bond motifs is 1. The van der Waals surface area contributed by atoms with Gasteiger partial charge >= 0.3 is 6.36 Å². The molecule has 1 aliphatic heterocycles. The molecular weight excluding hydrogens is 476 g/mol. The molecule has 0 bridgehead atoms. The van der Waals surface area contributed by atoms with Crippen LogP contribution in [0.15, 0.2) is 57.3 Å². The summed E-state index contributed by atoms with van der Waals surface area (Å²) in [6.45, 7) is 0. The van der Waals surface area contributed by atoms with Crippen LogP contribution < -0.4 is 10.3 Å². The van der Waals surface area contributed by atoms with Crippen LogP contribution in [0.25, 0.3) is 5.69 Å². The van der Waals surface area contributed by atoms with Crippen LogP contribution in [0.4, 0.5) is 17.6 Å². The van der Waals surface area contributed by atoms with Gasteiger partial charge in [-0.3, -0.25) is 9.36 Å². The average molecular weight is 489 g/mol. The van der Waals surface area contributed by atoms with Crippen molar-refractivity contribution < 1.29 is 22.3 Å². The highest BCUT2D eigenvalue weighted by atomic mass is 35.5. The summed E-state index contributed by atoms with van der Waals surface area (Å²) in [5.74, 6) is -0.0399. The zero-order valence-electron chi connectivity index (χ0n) is 15.6. The van der Waals surface area contributed by atoms with Crippen molar-refractivity contribution in [2.45, 2.75) is 28.6 Å². The van der Waals surface area contributed by atoms with E-state index in [1.165, 1.54) is 40.6 Å². The fraction of sp³-hybridized carbons (Fsp3) is 0.200. The number of benzene rings is 2. The van der Waals surface area contributed by atoms with Gasteiger partial charge in [0, 0.05) is 28.5 Å². The van der Waals surface area contributed by atoms with Crippen LogP contribution in [0, 0.1) is 5.82 Å². The largest absolute Gasteiger partial charge is 0.573 e. The van der Waals surface area contributed by atoms with Gasteiger partial charge in [0.1, 0.15) is 11.6 Å². The first kappa shape index (κ1) is 22.0. The zero-order valence-corrected chi connectivity index (χ0v) is 18.0. The first-order chi connectivity index (χ1) is 14.7. The van der Waals surface area contributed by atoms with Crippen molar-refractivity contribution in [2.75, 3.05) is 5.75 Å². The summed E-state index contributed by atoms with van der Waals surface area (Å²) < 4.78 is 56.7. The van der Waals surface area contributed by atoms with Crippen molar-refractivity contribution in [3.8, 4) is 11.4 Å². The summed E-state index contributed by atoms with van der Waals surface area (Å²) in [6, 6.07) is 9.29. The molecule has 162 valence electrons. The zero-order chi connectivity index (χ0) is 22.2. The van der Waals surface area contributed by atoms with Crippen LogP contribution in [-0.4, -0.2) is 21.7 Å². The summed E-state index contributed by atoms with van der Waals surface area (Å²) in [5, 5.41) is 0.557. The molecule has 0 saturated heterocycles. The van der Waals surface area contributed by atoms with Crippen molar-refractivity contribution >= 4 is 35.1 Å². The van der Waals surface area contributed by atoms with Crippen LogP contribution in [0.3, 0.4) is 0 Å². The molecule has 1 aromatic heterocycles. The van der Waals surface area contributed by atoms with E-state index in [1.807, 2.05) is 0 Å². The van der Waals surface area contributed by atoms with Crippen LogP contribution in [0.1, 0.15) is 11.3 Å². The van der Waals surface area contributed by atoms with Gasteiger partial charge in [0.15, 0.2) is 5.16 Å². The fourth-order valence-corrected chi connectivity index (χ4v) is 5.42. The second-order valence-corrected chi connectivity index (χ2v) is 8.89. The maximum absolute atomic E-state index is 14.2. The maximum atomic E-state index is 14.2. The Kier molecular flexibility index (Phi) is 6.23. The van der Waals surface area contributed by atoms with Crippen molar-refractivity contribution in [1.29, 1.82) is 0 Å². The number of alkyl halides is 3. The van der Waals surface area contributed by atoms with E-state index in [-0.39, 0.29) is 21.9 Å². The number of aryl methyl sites for hydroxylation is 1. The smallest absolute Gasteiger partial charge is 0.406 e. The van der Waals surface area contributed by atoms with Gasteiger partial charge in [-0.2, -0.15) is 0 Å². The molecule has 11 heteroatoms. The van der Waals surface area contributed by atoms with Crippen molar-refractivity contribution in [3.63, 3.8) is 0 Å². The summed E-state index contributed by atoms with van der Waals surface area (Å²) in [6.07, 6.45) is -4.19. The maximum Gasteiger partial charge on any atom is 0.573 e. The van der Waals surface area contributed by atoms with Gasteiger partial charge in [-0.05, 0) is 36.4 Å². The van der Waals surface area contributed by atoms with E-state index >= 15 is 0 Å². The highest BCUT2D eigenvalue weighted by Crippen LogP contribution is 2.33. The number of nitrogens with zero attached hydrogens (tertiary/aromatic N) is 2. The van der Waals surface area contributed by atoms with Crippen LogP contribution in [0.2, 0.25) is 5.02 Å². The number of ether oxygens (including phenoxy) is 1. The van der Waals surface area contributed by atoms with Crippen LogP contribution >= 0.6 is 35.1 Å². The molecule has 0 saturated carbocycles. The van der Waals surface area contributed by atoms with Gasteiger partial charge in [-0.1, -0.05) is 29.4 Å². The lowest BCUT2D eigenvalue weighted by Gasteiger charge is -2.15. The molecule has 2 aromatic carbocycles. The Morgan fingerprint density at radius 3 is 2.61 bits per heavy atom. The predicted octanol–water partition coefficient (Wildman–Crippen LogP) is 5.86. The topological polar surface area (TPSA) is 44.1 Å².